The molecule has 1 atom stereocenters. The second kappa shape index (κ2) is 9.12. The molecule has 0 aliphatic carbocycles. The summed E-state index contributed by atoms with van der Waals surface area (Å²) in [6, 6.07) is 0.857. The molecule has 0 aromatic carbocycles. The van der Waals surface area contributed by atoms with E-state index in [-0.39, 0.29) is 0 Å². The van der Waals surface area contributed by atoms with Gasteiger partial charge in [-0.25, -0.2) is 0 Å². The summed E-state index contributed by atoms with van der Waals surface area (Å²) in [6.07, 6.45) is 2.46. The lowest BCUT2D eigenvalue weighted by Crippen LogP contribution is -2.45. The molecular weight excluding hydrogens is 222 g/mol. The van der Waals surface area contributed by atoms with Crippen LogP contribution < -0.4 is 5.32 Å². The van der Waals surface area contributed by atoms with Crippen molar-refractivity contribution in [3.8, 4) is 0 Å². The van der Waals surface area contributed by atoms with Crippen molar-refractivity contribution in [2.45, 2.75) is 32.7 Å². The molecule has 0 rings (SSSR count). The maximum atomic E-state index is 5.40. The molecule has 0 bridgehead atoms. The first-order chi connectivity index (χ1) is 7.64. The van der Waals surface area contributed by atoms with E-state index in [1.165, 1.54) is 12.8 Å². The van der Waals surface area contributed by atoms with Crippen LogP contribution in [0, 0.1) is 5.92 Å². The quantitative estimate of drug-likeness (QED) is 0.474. The van der Waals surface area contributed by atoms with E-state index in [1.54, 1.807) is 21.3 Å². The van der Waals surface area contributed by atoms with E-state index >= 15 is 0 Å². The summed E-state index contributed by atoms with van der Waals surface area (Å²) in [4.78, 5) is 0. The average molecular weight is 249 g/mol. The van der Waals surface area contributed by atoms with E-state index < -0.39 is 8.80 Å². The summed E-state index contributed by atoms with van der Waals surface area (Å²) in [6.45, 7) is 6.47. The van der Waals surface area contributed by atoms with Gasteiger partial charge in [-0.15, -0.1) is 0 Å². The van der Waals surface area contributed by atoms with Gasteiger partial charge in [-0.05, 0) is 25.4 Å². The molecule has 1 unspecified atom stereocenters. The van der Waals surface area contributed by atoms with Gasteiger partial charge < -0.3 is 18.6 Å². The topological polar surface area (TPSA) is 39.7 Å². The van der Waals surface area contributed by atoms with Gasteiger partial charge in [-0.2, -0.15) is 0 Å². The average Bonchev–Trinajstić information content (AvgIpc) is 2.32. The number of hydrogen-bond acceptors (Lipinski definition) is 4. The summed E-state index contributed by atoms with van der Waals surface area (Å²) in [5, 5.41) is 3.44. The Morgan fingerprint density at radius 3 is 2.12 bits per heavy atom. The Morgan fingerprint density at radius 2 is 1.69 bits per heavy atom. The van der Waals surface area contributed by atoms with Crippen molar-refractivity contribution in [1.29, 1.82) is 0 Å². The molecule has 0 aromatic rings. The van der Waals surface area contributed by atoms with Gasteiger partial charge in [0.15, 0.2) is 0 Å². The molecule has 16 heavy (non-hydrogen) atoms. The summed E-state index contributed by atoms with van der Waals surface area (Å²) >= 11 is 0. The summed E-state index contributed by atoms with van der Waals surface area (Å²) in [7, 11) is 2.60. The lowest BCUT2D eigenvalue weighted by Gasteiger charge is -2.27. The van der Waals surface area contributed by atoms with E-state index in [9.17, 15) is 0 Å². The van der Waals surface area contributed by atoms with Gasteiger partial charge in [0.05, 0.1) is 0 Å². The smallest absolute Gasteiger partial charge is 0.377 e. The fraction of sp³-hybridized carbons (Fsp3) is 1.00. The predicted octanol–water partition coefficient (Wildman–Crippen LogP) is 1.89. The fourth-order valence-electron chi connectivity index (χ4n) is 1.65. The Morgan fingerprint density at radius 1 is 1.12 bits per heavy atom. The second-order valence-electron chi connectivity index (χ2n) is 4.16. The molecule has 0 aliphatic heterocycles. The van der Waals surface area contributed by atoms with Crippen LogP contribution >= 0.6 is 0 Å². The molecule has 4 nitrogen and oxygen atoms in total. The molecule has 0 saturated carbocycles. The molecule has 0 saturated heterocycles. The van der Waals surface area contributed by atoms with E-state index in [0.717, 1.165) is 19.1 Å². The molecule has 0 radical (unpaired) electrons. The molecule has 0 aromatic heterocycles. The van der Waals surface area contributed by atoms with Gasteiger partial charge >= 0.3 is 8.80 Å². The molecule has 1 N–H and O–H groups in total. The summed E-state index contributed by atoms with van der Waals surface area (Å²) in [5.41, 5.74) is 0. The molecule has 0 amide bonds. The van der Waals surface area contributed by atoms with Crippen molar-refractivity contribution in [3.05, 3.63) is 0 Å². The van der Waals surface area contributed by atoms with E-state index in [4.69, 9.17) is 13.3 Å². The first-order valence-electron chi connectivity index (χ1n) is 6.00. The third-order valence-electron chi connectivity index (χ3n) is 2.73. The van der Waals surface area contributed by atoms with Gasteiger partial charge in [-0.3, -0.25) is 0 Å². The van der Waals surface area contributed by atoms with Crippen LogP contribution in [0.5, 0.6) is 0 Å². The zero-order valence-electron chi connectivity index (χ0n) is 11.3. The molecule has 0 fully saturated rings. The monoisotopic (exact) mass is 249 g/mol. The van der Waals surface area contributed by atoms with Crippen molar-refractivity contribution in [3.63, 3.8) is 0 Å². The maximum absolute atomic E-state index is 5.40. The van der Waals surface area contributed by atoms with Crippen molar-refractivity contribution in [2.75, 3.05) is 34.4 Å². The van der Waals surface area contributed by atoms with Crippen LogP contribution in [0.1, 0.15) is 26.7 Å². The van der Waals surface area contributed by atoms with E-state index in [0.29, 0.717) is 5.92 Å². The van der Waals surface area contributed by atoms with Gasteiger partial charge in [0.1, 0.15) is 0 Å². The molecular formula is C11H27NO3Si. The maximum Gasteiger partial charge on any atom is 0.500 e. The van der Waals surface area contributed by atoms with E-state index in [2.05, 4.69) is 19.2 Å². The zero-order valence-corrected chi connectivity index (χ0v) is 12.3. The summed E-state index contributed by atoms with van der Waals surface area (Å²) in [5.74, 6) is 0.503. The predicted molar refractivity (Wildman–Crippen MR) is 68.5 cm³/mol. The number of hydrogen-bond donors (Lipinski definition) is 1. The lowest BCUT2D eigenvalue weighted by molar-refractivity contribution is 0.118. The highest BCUT2D eigenvalue weighted by Crippen LogP contribution is 2.18. The minimum Gasteiger partial charge on any atom is -0.377 e. The highest BCUT2D eigenvalue weighted by Gasteiger charge is 2.39. The fourth-order valence-corrected chi connectivity index (χ4v) is 3.65. The Hall–Kier alpha value is 0.0569. The number of rotatable bonds is 10. The third kappa shape index (κ3) is 5.96. The number of nitrogens with one attached hydrogen (secondary N) is 1. The lowest BCUT2D eigenvalue weighted by atomic mass is 10.2. The van der Waals surface area contributed by atoms with Crippen LogP contribution in [-0.4, -0.2) is 43.2 Å². The first kappa shape index (κ1) is 16.1. The highest BCUT2D eigenvalue weighted by molar-refractivity contribution is 6.60. The highest BCUT2D eigenvalue weighted by atomic mass is 28.4. The third-order valence-corrected chi connectivity index (χ3v) is 5.79. The van der Waals surface area contributed by atoms with Gasteiger partial charge in [0, 0.05) is 27.4 Å². The van der Waals surface area contributed by atoms with Gasteiger partial charge in [-0.1, -0.05) is 20.3 Å². The minimum absolute atomic E-state index is 0.503. The molecule has 0 heterocycles. The van der Waals surface area contributed by atoms with Crippen molar-refractivity contribution in [2.24, 2.45) is 5.92 Å². The van der Waals surface area contributed by atoms with Crippen LogP contribution in [0.15, 0.2) is 0 Å². The number of unbranched alkanes of at least 4 members (excludes halogenated alkanes) is 1. The molecule has 5 heteroatoms. The van der Waals surface area contributed by atoms with Crippen LogP contribution in [-0.2, 0) is 13.3 Å². The van der Waals surface area contributed by atoms with Crippen molar-refractivity contribution in [1.82, 2.24) is 5.32 Å². The normalized spacial score (nSPS) is 14.1. The SMILES string of the molecule is CCCCNCC(C)C[Si](OC)(OC)OC. The summed E-state index contributed by atoms with van der Waals surface area (Å²) < 4.78 is 16.2. The Balaban J connectivity index is 3.86. The van der Waals surface area contributed by atoms with Crippen LogP contribution in [0.3, 0.4) is 0 Å². The van der Waals surface area contributed by atoms with Gasteiger partial charge in [0.2, 0.25) is 0 Å². The Labute approximate surface area is 101 Å². The van der Waals surface area contributed by atoms with Crippen LogP contribution in [0.4, 0.5) is 0 Å². The second-order valence-corrected chi connectivity index (χ2v) is 7.16. The Bertz CT molecular complexity index is 157. The Kier molecular flexibility index (Phi) is 9.16. The minimum atomic E-state index is -2.39. The largest absolute Gasteiger partial charge is 0.500 e. The molecule has 0 spiro atoms. The standard InChI is InChI=1S/C11H27NO3Si/c1-6-7-8-12-9-11(2)10-16(13-3,14-4)15-5/h11-12H,6-10H2,1-5H3. The van der Waals surface area contributed by atoms with Crippen LogP contribution in [0.25, 0.3) is 0 Å². The van der Waals surface area contributed by atoms with Crippen molar-refractivity contribution < 1.29 is 13.3 Å². The first-order valence-corrected chi connectivity index (χ1v) is 7.93. The van der Waals surface area contributed by atoms with Crippen LogP contribution in [0.2, 0.25) is 6.04 Å². The van der Waals surface area contributed by atoms with E-state index in [1.807, 2.05) is 0 Å². The van der Waals surface area contributed by atoms with Gasteiger partial charge in [0.25, 0.3) is 0 Å². The molecule has 0 aliphatic rings. The zero-order chi connectivity index (χ0) is 12.4. The molecule has 98 valence electrons. The van der Waals surface area contributed by atoms with Crippen molar-refractivity contribution >= 4 is 8.80 Å².